The summed E-state index contributed by atoms with van der Waals surface area (Å²) in [4.78, 5) is 14.3. The SMILES string of the molecule is O=C(NCCN1CCc2ccccc21)c1c(F)cccc1Cl. The van der Waals surface area contributed by atoms with E-state index in [4.69, 9.17) is 11.6 Å². The van der Waals surface area contributed by atoms with Crippen LogP contribution in [0.2, 0.25) is 5.02 Å². The fourth-order valence-electron chi connectivity index (χ4n) is 2.75. The van der Waals surface area contributed by atoms with Crippen LogP contribution in [-0.2, 0) is 6.42 Å². The van der Waals surface area contributed by atoms with Crippen molar-refractivity contribution in [3.8, 4) is 0 Å². The smallest absolute Gasteiger partial charge is 0.255 e. The summed E-state index contributed by atoms with van der Waals surface area (Å²) in [5.74, 6) is -1.08. The van der Waals surface area contributed by atoms with Crippen molar-refractivity contribution < 1.29 is 9.18 Å². The van der Waals surface area contributed by atoms with Gasteiger partial charge in [-0.05, 0) is 30.2 Å². The molecular weight excluding hydrogens is 303 g/mol. The molecule has 1 aliphatic heterocycles. The Bertz CT molecular complexity index is 685. The van der Waals surface area contributed by atoms with E-state index in [0.29, 0.717) is 13.1 Å². The number of nitrogens with zero attached hydrogens (tertiary/aromatic N) is 1. The highest BCUT2D eigenvalue weighted by molar-refractivity contribution is 6.33. The Labute approximate surface area is 133 Å². The lowest BCUT2D eigenvalue weighted by Crippen LogP contribution is -2.34. The molecule has 3 nitrogen and oxygen atoms in total. The Morgan fingerprint density at radius 3 is 2.86 bits per heavy atom. The molecule has 0 aromatic heterocycles. The molecule has 1 amide bonds. The van der Waals surface area contributed by atoms with Crippen LogP contribution in [0.15, 0.2) is 42.5 Å². The molecule has 0 saturated carbocycles. The first-order valence-corrected chi connectivity index (χ1v) is 7.59. The molecule has 1 heterocycles. The zero-order valence-corrected chi connectivity index (χ0v) is 12.7. The van der Waals surface area contributed by atoms with Crippen LogP contribution < -0.4 is 10.2 Å². The van der Waals surface area contributed by atoms with Gasteiger partial charge in [0.25, 0.3) is 5.91 Å². The van der Waals surface area contributed by atoms with Gasteiger partial charge in [-0.1, -0.05) is 35.9 Å². The fraction of sp³-hybridized carbons (Fsp3) is 0.235. The van der Waals surface area contributed by atoms with Crippen LogP contribution in [0.1, 0.15) is 15.9 Å². The van der Waals surface area contributed by atoms with Crippen LogP contribution in [-0.4, -0.2) is 25.5 Å². The van der Waals surface area contributed by atoms with Gasteiger partial charge in [0.1, 0.15) is 5.82 Å². The minimum absolute atomic E-state index is 0.0917. The lowest BCUT2D eigenvalue weighted by atomic mass is 10.2. The number of carbonyl (C=O) groups excluding carboxylic acids is 1. The summed E-state index contributed by atoms with van der Waals surface area (Å²) in [6.45, 7) is 2.07. The molecule has 1 N–H and O–H groups in total. The van der Waals surface area contributed by atoms with Gasteiger partial charge < -0.3 is 10.2 Å². The highest BCUT2D eigenvalue weighted by atomic mass is 35.5. The number of fused-ring (bicyclic) bond motifs is 1. The second kappa shape index (κ2) is 6.36. The molecule has 3 rings (SSSR count). The highest BCUT2D eigenvalue weighted by Crippen LogP contribution is 2.26. The van der Waals surface area contributed by atoms with Crippen molar-refractivity contribution in [2.45, 2.75) is 6.42 Å². The maximum Gasteiger partial charge on any atom is 0.255 e. The monoisotopic (exact) mass is 318 g/mol. The number of para-hydroxylation sites is 1. The van der Waals surface area contributed by atoms with E-state index in [2.05, 4.69) is 22.3 Å². The average Bonchev–Trinajstić information content (AvgIpc) is 2.91. The number of anilines is 1. The van der Waals surface area contributed by atoms with Crippen molar-refractivity contribution >= 4 is 23.2 Å². The molecule has 0 atom stereocenters. The van der Waals surface area contributed by atoms with Crippen molar-refractivity contribution in [2.75, 3.05) is 24.5 Å². The van der Waals surface area contributed by atoms with Gasteiger partial charge in [0.2, 0.25) is 0 Å². The second-order valence-electron chi connectivity index (χ2n) is 5.22. The van der Waals surface area contributed by atoms with Crippen LogP contribution in [0.4, 0.5) is 10.1 Å². The van der Waals surface area contributed by atoms with Crippen LogP contribution in [0.5, 0.6) is 0 Å². The summed E-state index contributed by atoms with van der Waals surface area (Å²) in [7, 11) is 0. The molecule has 2 aromatic carbocycles. The molecule has 0 radical (unpaired) electrons. The van der Waals surface area contributed by atoms with Gasteiger partial charge in [0.05, 0.1) is 10.6 Å². The van der Waals surface area contributed by atoms with E-state index in [9.17, 15) is 9.18 Å². The van der Waals surface area contributed by atoms with Gasteiger partial charge >= 0.3 is 0 Å². The molecule has 0 spiro atoms. The zero-order chi connectivity index (χ0) is 15.5. The van der Waals surface area contributed by atoms with Crippen LogP contribution in [0, 0.1) is 5.82 Å². The number of hydrogen-bond acceptors (Lipinski definition) is 2. The Hall–Kier alpha value is -2.07. The number of nitrogens with one attached hydrogen (secondary N) is 1. The minimum Gasteiger partial charge on any atom is -0.369 e. The van der Waals surface area contributed by atoms with Gasteiger partial charge in [0.15, 0.2) is 0 Å². The normalized spacial score (nSPS) is 13.1. The summed E-state index contributed by atoms with van der Waals surface area (Å²) >= 11 is 5.89. The summed E-state index contributed by atoms with van der Waals surface area (Å²) in [5, 5.41) is 2.86. The van der Waals surface area contributed by atoms with Gasteiger partial charge in [-0.15, -0.1) is 0 Å². The van der Waals surface area contributed by atoms with Crippen molar-refractivity contribution in [3.63, 3.8) is 0 Å². The highest BCUT2D eigenvalue weighted by Gasteiger charge is 2.19. The third-order valence-corrected chi connectivity index (χ3v) is 4.16. The third kappa shape index (κ3) is 2.92. The Morgan fingerprint density at radius 2 is 2.05 bits per heavy atom. The number of benzene rings is 2. The van der Waals surface area contributed by atoms with E-state index in [-0.39, 0.29) is 10.6 Å². The molecule has 114 valence electrons. The second-order valence-corrected chi connectivity index (χ2v) is 5.63. The molecule has 0 bridgehead atoms. The van der Waals surface area contributed by atoms with Crippen LogP contribution in [0.3, 0.4) is 0 Å². The van der Waals surface area contributed by atoms with Crippen LogP contribution >= 0.6 is 11.6 Å². The summed E-state index contributed by atoms with van der Waals surface area (Å²) in [6, 6.07) is 12.5. The summed E-state index contributed by atoms with van der Waals surface area (Å²) in [5.41, 5.74) is 2.44. The topological polar surface area (TPSA) is 32.3 Å². The predicted octanol–water partition coefficient (Wildman–Crippen LogP) is 3.27. The van der Waals surface area contributed by atoms with E-state index in [0.717, 1.165) is 13.0 Å². The van der Waals surface area contributed by atoms with E-state index in [1.807, 2.05) is 12.1 Å². The Balaban J connectivity index is 1.59. The van der Waals surface area contributed by atoms with Crippen molar-refractivity contribution in [1.29, 1.82) is 0 Å². The van der Waals surface area contributed by atoms with Crippen LogP contribution in [0.25, 0.3) is 0 Å². The molecular formula is C17H16ClFN2O. The first-order valence-electron chi connectivity index (χ1n) is 7.22. The fourth-order valence-corrected chi connectivity index (χ4v) is 3.00. The van der Waals surface area contributed by atoms with Crippen molar-refractivity contribution in [1.82, 2.24) is 5.32 Å². The maximum absolute atomic E-state index is 13.7. The summed E-state index contributed by atoms with van der Waals surface area (Å²) in [6.07, 6.45) is 1.02. The number of rotatable bonds is 4. The lowest BCUT2D eigenvalue weighted by molar-refractivity contribution is 0.0951. The molecule has 0 fully saturated rings. The Morgan fingerprint density at radius 1 is 1.23 bits per heavy atom. The maximum atomic E-state index is 13.7. The van der Waals surface area contributed by atoms with Gasteiger partial charge in [0, 0.05) is 25.3 Å². The molecule has 2 aromatic rings. The number of halogens is 2. The molecule has 0 aliphatic carbocycles. The van der Waals surface area contributed by atoms with Crippen molar-refractivity contribution in [2.24, 2.45) is 0 Å². The van der Waals surface area contributed by atoms with Gasteiger partial charge in [-0.2, -0.15) is 0 Å². The lowest BCUT2D eigenvalue weighted by Gasteiger charge is -2.19. The number of hydrogen-bond donors (Lipinski definition) is 1. The molecule has 22 heavy (non-hydrogen) atoms. The number of amides is 1. The van der Waals surface area contributed by atoms with E-state index >= 15 is 0 Å². The minimum atomic E-state index is -0.600. The van der Waals surface area contributed by atoms with E-state index in [1.165, 1.54) is 29.4 Å². The van der Waals surface area contributed by atoms with Crippen molar-refractivity contribution in [3.05, 3.63) is 64.4 Å². The zero-order valence-electron chi connectivity index (χ0n) is 12.0. The van der Waals surface area contributed by atoms with E-state index in [1.54, 1.807) is 0 Å². The standard InChI is InChI=1S/C17H16ClFN2O/c18-13-5-3-6-14(19)16(13)17(22)20-9-11-21-10-8-12-4-1-2-7-15(12)21/h1-7H,8-11H2,(H,20,22). The largest absolute Gasteiger partial charge is 0.369 e. The van der Waals surface area contributed by atoms with Gasteiger partial charge in [-0.25, -0.2) is 4.39 Å². The molecule has 0 unspecified atom stereocenters. The number of carbonyl (C=O) groups is 1. The summed E-state index contributed by atoms with van der Waals surface area (Å²) < 4.78 is 13.7. The molecule has 5 heteroatoms. The third-order valence-electron chi connectivity index (χ3n) is 3.84. The molecule has 1 aliphatic rings. The van der Waals surface area contributed by atoms with E-state index < -0.39 is 11.7 Å². The Kier molecular flexibility index (Phi) is 4.29. The first kappa shape index (κ1) is 14.9. The van der Waals surface area contributed by atoms with Gasteiger partial charge in [-0.3, -0.25) is 4.79 Å². The average molecular weight is 319 g/mol. The quantitative estimate of drug-likeness (QED) is 0.938. The predicted molar refractivity (Wildman–Crippen MR) is 86.1 cm³/mol. The first-order chi connectivity index (χ1) is 10.7. The molecule has 0 saturated heterocycles.